The number of aliphatic hydroxyl groups is 2. The van der Waals surface area contributed by atoms with E-state index >= 15 is 0 Å². The van der Waals surface area contributed by atoms with E-state index in [0.29, 0.717) is 24.2 Å². The van der Waals surface area contributed by atoms with Gasteiger partial charge in [0.15, 0.2) is 0 Å². The fraction of sp³-hybridized carbons (Fsp3) is 0.389. The smallest absolute Gasteiger partial charge is 0.253 e. The van der Waals surface area contributed by atoms with Crippen molar-refractivity contribution in [3.05, 3.63) is 42.2 Å². The van der Waals surface area contributed by atoms with Crippen LogP contribution in [0.4, 0.5) is 5.82 Å². The summed E-state index contributed by atoms with van der Waals surface area (Å²) in [6, 6.07) is 7.21. The van der Waals surface area contributed by atoms with Crippen LogP contribution in [-0.4, -0.2) is 70.4 Å². The number of amides is 1. The Kier molecular flexibility index (Phi) is 4.69. The number of aromatic nitrogens is 2. The number of hydrogen-bond donors (Lipinski definition) is 2. The van der Waals surface area contributed by atoms with Crippen molar-refractivity contribution in [2.75, 3.05) is 38.7 Å². The van der Waals surface area contributed by atoms with E-state index in [1.807, 2.05) is 25.1 Å². The number of likely N-dealkylation sites (tertiary alicyclic amines) is 1. The number of carbonyl (C=O) groups is 1. The van der Waals surface area contributed by atoms with Gasteiger partial charge in [0, 0.05) is 31.8 Å². The Labute approximate surface area is 146 Å². The molecule has 3 rings (SSSR count). The molecule has 2 aromatic rings. The van der Waals surface area contributed by atoms with E-state index < -0.39 is 5.60 Å². The lowest BCUT2D eigenvalue weighted by Gasteiger charge is -2.21. The van der Waals surface area contributed by atoms with Crippen molar-refractivity contribution < 1.29 is 15.0 Å². The van der Waals surface area contributed by atoms with E-state index in [0.717, 1.165) is 11.4 Å². The molecule has 25 heavy (non-hydrogen) atoms. The standard InChI is InChI=1S/C18H22N4O3/c1-21(2)16-10-19-9-15(20-16)13-4-3-5-14(8-13)17(24)22-7-6-18(25,11-22)12-23/h3-5,8-10,23,25H,6-7,11-12H2,1-2H3/t18-/m0/s1. The van der Waals surface area contributed by atoms with Crippen LogP contribution in [0.25, 0.3) is 11.3 Å². The summed E-state index contributed by atoms with van der Waals surface area (Å²) in [5.74, 6) is 0.574. The monoisotopic (exact) mass is 342 g/mol. The molecule has 2 heterocycles. The maximum Gasteiger partial charge on any atom is 0.253 e. The van der Waals surface area contributed by atoms with Crippen molar-refractivity contribution in [3.8, 4) is 11.3 Å². The number of anilines is 1. The number of carbonyl (C=O) groups excluding carboxylic acids is 1. The lowest BCUT2D eigenvalue weighted by atomic mass is 10.1. The van der Waals surface area contributed by atoms with Crippen molar-refractivity contribution >= 4 is 11.7 Å². The van der Waals surface area contributed by atoms with Crippen LogP contribution in [0.5, 0.6) is 0 Å². The third-order valence-electron chi connectivity index (χ3n) is 4.40. The molecule has 0 aliphatic carbocycles. The first-order chi connectivity index (χ1) is 11.9. The minimum Gasteiger partial charge on any atom is -0.393 e. The molecule has 0 bridgehead atoms. The van der Waals surface area contributed by atoms with E-state index in [1.165, 1.54) is 0 Å². The molecular formula is C18H22N4O3. The molecule has 1 aromatic carbocycles. The van der Waals surface area contributed by atoms with Crippen molar-refractivity contribution in [3.63, 3.8) is 0 Å². The van der Waals surface area contributed by atoms with Gasteiger partial charge in [-0.1, -0.05) is 12.1 Å². The molecular weight excluding hydrogens is 320 g/mol. The van der Waals surface area contributed by atoms with Gasteiger partial charge in [-0.05, 0) is 18.6 Å². The summed E-state index contributed by atoms with van der Waals surface area (Å²) in [5.41, 5.74) is 0.822. The van der Waals surface area contributed by atoms with E-state index in [2.05, 4.69) is 9.97 Å². The number of hydrogen-bond acceptors (Lipinski definition) is 6. The summed E-state index contributed by atoms with van der Waals surface area (Å²) in [6.07, 6.45) is 3.72. The van der Waals surface area contributed by atoms with Crippen molar-refractivity contribution in [2.45, 2.75) is 12.0 Å². The van der Waals surface area contributed by atoms with Crippen LogP contribution in [0.3, 0.4) is 0 Å². The first-order valence-electron chi connectivity index (χ1n) is 8.14. The summed E-state index contributed by atoms with van der Waals surface area (Å²) in [4.78, 5) is 24.9. The Morgan fingerprint density at radius 3 is 2.84 bits per heavy atom. The Bertz CT molecular complexity index is 780. The molecule has 1 amide bonds. The summed E-state index contributed by atoms with van der Waals surface area (Å²) in [7, 11) is 3.78. The fourth-order valence-electron chi connectivity index (χ4n) is 2.86. The van der Waals surface area contributed by atoms with Gasteiger partial charge in [0.25, 0.3) is 5.91 Å². The predicted octanol–water partition coefficient (Wildman–Crippen LogP) is 0.779. The third kappa shape index (κ3) is 3.62. The first-order valence-corrected chi connectivity index (χ1v) is 8.14. The number of rotatable bonds is 4. The molecule has 1 aliphatic rings. The third-order valence-corrected chi connectivity index (χ3v) is 4.40. The number of benzene rings is 1. The van der Waals surface area contributed by atoms with Gasteiger partial charge in [-0.15, -0.1) is 0 Å². The quantitative estimate of drug-likeness (QED) is 0.853. The van der Waals surface area contributed by atoms with Crippen molar-refractivity contribution in [1.29, 1.82) is 0 Å². The van der Waals surface area contributed by atoms with E-state index in [4.69, 9.17) is 0 Å². The average Bonchev–Trinajstić information content (AvgIpc) is 3.04. The van der Waals surface area contributed by atoms with Crippen LogP contribution in [0.15, 0.2) is 36.7 Å². The Morgan fingerprint density at radius 2 is 2.16 bits per heavy atom. The van der Waals surface area contributed by atoms with Crippen LogP contribution in [-0.2, 0) is 0 Å². The van der Waals surface area contributed by atoms with E-state index in [9.17, 15) is 15.0 Å². The Balaban J connectivity index is 1.85. The fourth-order valence-corrected chi connectivity index (χ4v) is 2.86. The highest BCUT2D eigenvalue weighted by atomic mass is 16.3. The maximum atomic E-state index is 12.7. The summed E-state index contributed by atoms with van der Waals surface area (Å²) in [5, 5.41) is 19.4. The number of β-amino-alcohol motifs (C(OH)–C–C–N with tert-alkyl or cyclic N) is 1. The SMILES string of the molecule is CN(C)c1cncc(-c2cccc(C(=O)N3CC[C@@](O)(CO)C3)c2)n1. The largest absolute Gasteiger partial charge is 0.393 e. The van der Waals surface area contributed by atoms with Gasteiger partial charge >= 0.3 is 0 Å². The van der Waals surface area contributed by atoms with Gasteiger partial charge in [-0.3, -0.25) is 9.78 Å². The number of nitrogens with zero attached hydrogens (tertiary/aromatic N) is 4. The van der Waals surface area contributed by atoms with Gasteiger partial charge < -0.3 is 20.0 Å². The van der Waals surface area contributed by atoms with Gasteiger partial charge in [0.2, 0.25) is 0 Å². The van der Waals surface area contributed by atoms with Gasteiger partial charge in [0.05, 0.1) is 31.2 Å². The summed E-state index contributed by atoms with van der Waals surface area (Å²) < 4.78 is 0. The molecule has 0 spiro atoms. The molecule has 1 aliphatic heterocycles. The molecule has 0 saturated carbocycles. The summed E-state index contributed by atoms with van der Waals surface area (Å²) >= 11 is 0. The van der Waals surface area contributed by atoms with Crippen LogP contribution in [0, 0.1) is 0 Å². The highest BCUT2D eigenvalue weighted by Gasteiger charge is 2.37. The van der Waals surface area contributed by atoms with E-state index in [1.54, 1.807) is 35.5 Å². The molecule has 1 aromatic heterocycles. The second-order valence-corrected chi connectivity index (χ2v) is 6.60. The molecule has 2 N–H and O–H groups in total. The average molecular weight is 342 g/mol. The molecule has 0 unspecified atom stereocenters. The number of aliphatic hydroxyl groups excluding tert-OH is 1. The summed E-state index contributed by atoms with van der Waals surface area (Å²) in [6.45, 7) is 0.224. The van der Waals surface area contributed by atoms with Crippen molar-refractivity contribution in [2.24, 2.45) is 0 Å². The highest BCUT2D eigenvalue weighted by molar-refractivity contribution is 5.95. The minimum atomic E-state index is -1.20. The highest BCUT2D eigenvalue weighted by Crippen LogP contribution is 2.24. The molecule has 7 heteroatoms. The van der Waals surface area contributed by atoms with Crippen LogP contribution in [0.2, 0.25) is 0 Å². The second-order valence-electron chi connectivity index (χ2n) is 6.60. The molecule has 7 nitrogen and oxygen atoms in total. The van der Waals surface area contributed by atoms with Crippen LogP contribution >= 0.6 is 0 Å². The zero-order valence-electron chi connectivity index (χ0n) is 14.4. The van der Waals surface area contributed by atoms with Gasteiger partial charge in [0.1, 0.15) is 11.4 Å². The lowest BCUT2D eigenvalue weighted by Crippen LogP contribution is -2.38. The zero-order chi connectivity index (χ0) is 18.0. The minimum absolute atomic E-state index is 0.141. The molecule has 132 valence electrons. The first kappa shape index (κ1) is 17.3. The topological polar surface area (TPSA) is 89.8 Å². The molecule has 1 fully saturated rings. The Hall–Kier alpha value is -2.51. The predicted molar refractivity (Wildman–Crippen MR) is 94.4 cm³/mol. The maximum absolute atomic E-state index is 12.7. The van der Waals surface area contributed by atoms with Crippen LogP contribution < -0.4 is 4.90 Å². The normalized spacial score (nSPS) is 19.9. The van der Waals surface area contributed by atoms with Crippen molar-refractivity contribution in [1.82, 2.24) is 14.9 Å². The van der Waals surface area contributed by atoms with Gasteiger partial charge in [-0.25, -0.2) is 4.98 Å². The zero-order valence-corrected chi connectivity index (χ0v) is 14.4. The van der Waals surface area contributed by atoms with Crippen LogP contribution in [0.1, 0.15) is 16.8 Å². The second kappa shape index (κ2) is 6.78. The van der Waals surface area contributed by atoms with Gasteiger partial charge in [-0.2, -0.15) is 0 Å². The molecule has 1 atom stereocenters. The lowest BCUT2D eigenvalue weighted by molar-refractivity contribution is -0.00455. The Morgan fingerprint density at radius 1 is 1.36 bits per heavy atom. The molecule has 0 radical (unpaired) electrons. The molecule has 1 saturated heterocycles. The van der Waals surface area contributed by atoms with E-state index in [-0.39, 0.29) is 19.1 Å².